The monoisotopic (exact) mass is 355 g/mol. The van der Waals surface area contributed by atoms with Crippen LogP contribution < -0.4 is 0 Å². The maximum absolute atomic E-state index is 12.8. The van der Waals surface area contributed by atoms with Crippen molar-refractivity contribution in [3.05, 3.63) is 36.0 Å². The molecule has 2 fully saturated rings. The first-order valence-corrected chi connectivity index (χ1v) is 9.48. The number of esters is 2. The fraction of sp³-hybridized carbons (Fsp3) is 0.524. The Bertz CT molecular complexity index is 811. The molecule has 1 aliphatic heterocycles. The van der Waals surface area contributed by atoms with Gasteiger partial charge in [0.2, 0.25) is 0 Å². The van der Waals surface area contributed by atoms with E-state index in [1.54, 1.807) is 13.8 Å². The van der Waals surface area contributed by atoms with Crippen LogP contribution in [0.2, 0.25) is 0 Å². The van der Waals surface area contributed by atoms with Crippen molar-refractivity contribution >= 4 is 22.8 Å². The number of cyclic esters (lactones) is 2. The Balaban J connectivity index is 1.78. The Kier molecular flexibility index (Phi) is 4.25. The lowest BCUT2D eigenvalue weighted by atomic mass is 9.70. The summed E-state index contributed by atoms with van der Waals surface area (Å²) < 4.78 is 10.9. The molecule has 1 aliphatic carbocycles. The second kappa shape index (κ2) is 6.45. The van der Waals surface area contributed by atoms with Crippen LogP contribution in [-0.4, -0.2) is 22.7 Å². The summed E-state index contributed by atoms with van der Waals surface area (Å²) in [7, 11) is 0. The SMILES string of the molecule is CC1(C)OC(=O)C(C(c2c[nH]c3ccccc23)C2CCCCC2)C(=O)O1. The van der Waals surface area contributed by atoms with Crippen LogP contribution in [0.5, 0.6) is 0 Å². The van der Waals surface area contributed by atoms with E-state index in [-0.39, 0.29) is 11.8 Å². The molecule has 5 nitrogen and oxygen atoms in total. The highest BCUT2D eigenvalue weighted by Gasteiger charge is 2.50. The van der Waals surface area contributed by atoms with Crippen LogP contribution in [0, 0.1) is 11.8 Å². The van der Waals surface area contributed by atoms with Crippen molar-refractivity contribution in [3.63, 3.8) is 0 Å². The van der Waals surface area contributed by atoms with Crippen LogP contribution in [0.15, 0.2) is 30.5 Å². The molecule has 26 heavy (non-hydrogen) atoms. The maximum Gasteiger partial charge on any atom is 0.324 e. The minimum atomic E-state index is -1.19. The Morgan fingerprint density at radius 3 is 2.38 bits per heavy atom. The van der Waals surface area contributed by atoms with Gasteiger partial charge in [0, 0.05) is 36.9 Å². The van der Waals surface area contributed by atoms with E-state index in [4.69, 9.17) is 9.47 Å². The van der Waals surface area contributed by atoms with E-state index in [0.29, 0.717) is 0 Å². The number of ether oxygens (including phenoxy) is 2. The minimum Gasteiger partial charge on any atom is -0.422 e. The Morgan fingerprint density at radius 2 is 1.69 bits per heavy atom. The number of fused-ring (bicyclic) bond motifs is 1. The van der Waals surface area contributed by atoms with Gasteiger partial charge in [-0.25, -0.2) is 0 Å². The molecule has 0 spiro atoms. The third-order valence-electron chi connectivity index (χ3n) is 5.70. The molecule has 1 aromatic heterocycles. The van der Waals surface area contributed by atoms with Crippen LogP contribution in [-0.2, 0) is 19.1 Å². The first-order chi connectivity index (χ1) is 12.5. The summed E-state index contributed by atoms with van der Waals surface area (Å²) >= 11 is 0. The Hall–Kier alpha value is -2.30. The standard InChI is InChI=1S/C21H25NO4/c1-21(2)25-19(23)18(20(24)26-21)17(13-8-4-3-5-9-13)15-12-22-16-11-7-6-10-14(15)16/h6-7,10-13,17-18,22H,3-5,8-9H2,1-2H3. The van der Waals surface area contributed by atoms with Crippen LogP contribution in [0.1, 0.15) is 57.4 Å². The van der Waals surface area contributed by atoms with Gasteiger partial charge in [-0.05, 0) is 30.4 Å². The van der Waals surface area contributed by atoms with Crippen LogP contribution >= 0.6 is 0 Å². The molecule has 1 saturated carbocycles. The van der Waals surface area contributed by atoms with Gasteiger partial charge in [0.15, 0.2) is 5.92 Å². The normalized spacial score (nSPS) is 22.8. The van der Waals surface area contributed by atoms with Crippen molar-refractivity contribution in [2.24, 2.45) is 11.8 Å². The first kappa shape index (κ1) is 17.1. The molecule has 2 aromatic rings. The number of aromatic amines is 1. The smallest absolute Gasteiger partial charge is 0.324 e. The lowest BCUT2D eigenvalue weighted by molar-refractivity contribution is -0.241. The van der Waals surface area contributed by atoms with Gasteiger partial charge < -0.3 is 14.5 Å². The molecule has 5 heteroatoms. The summed E-state index contributed by atoms with van der Waals surface area (Å²) in [6.07, 6.45) is 7.46. The van der Waals surface area contributed by atoms with Gasteiger partial charge in [-0.15, -0.1) is 0 Å². The van der Waals surface area contributed by atoms with Crippen molar-refractivity contribution < 1.29 is 19.1 Å². The molecular weight excluding hydrogens is 330 g/mol. The molecule has 1 atom stereocenters. The maximum atomic E-state index is 12.8. The lowest BCUT2D eigenvalue weighted by Gasteiger charge is -2.39. The molecule has 138 valence electrons. The highest BCUT2D eigenvalue weighted by Crippen LogP contribution is 2.45. The number of H-pyrrole nitrogens is 1. The molecule has 0 amide bonds. The van der Waals surface area contributed by atoms with E-state index in [9.17, 15) is 9.59 Å². The predicted molar refractivity (Wildman–Crippen MR) is 97.4 cm³/mol. The van der Waals surface area contributed by atoms with Gasteiger partial charge in [0.1, 0.15) is 0 Å². The highest BCUT2D eigenvalue weighted by atomic mass is 16.7. The molecule has 0 radical (unpaired) electrons. The summed E-state index contributed by atoms with van der Waals surface area (Å²) in [5.41, 5.74) is 2.03. The number of hydrogen-bond acceptors (Lipinski definition) is 4. The summed E-state index contributed by atoms with van der Waals surface area (Å²) in [4.78, 5) is 28.9. The fourth-order valence-electron chi connectivity index (χ4n) is 4.59. The molecule has 1 aromatic carbocycles. The van der Waals surface area contributed by atoms with Crippen LogP contribution in [0.3, 0.4) is 0 Å². The number of nitrogens with one attached hydrogen (secondary N) is 1. The number of rotatable bonds is 3. The van der Waals surface area contributed by atoms with E-state index in [2.05, 4.69) is 4.98 Å². The fourth-order valence-corrected chi connectivity index (χ4v) is 4.59. The van der Waals surface area contributed by atoms with Gasteiger partial charge in [0.05, 0.1) is 0 Å². The zero-order valence-corrected chi connectivity index (χ0v) is 15.3. The number of carbonyl (C=O) groups excluding carboxylic acids is 2. The Morgan fingerprint density at radius 1 is 1.04 bits per heavy atom. The van der Waals surface area contributed by atoms with Crippen molar-refractivity contribution in [2.45, 2.75) is 57.7 Å². The minimum absolute atomic E-state index is 0.220. The van der Waals surface area contributed by atoms with Gasteiger partial charge in [-0.1, -0.05) is 37.5 Å². The largest absolute Gasteiger partial charge is 0.422 e. The second-order valence-electron chi connectivity index (χ2n) is 7.93. The van der Waals surface area contributed by atoms with Crippen molar-refractivity contribution in [2.75, 3.05) is 0 Å². The van der Waals surface area contributed by atoms with Crippen LogP contribution in [0.4, 0.5) is 0 Å². The molecular formula is C21H25NO4. The lowest BCUT2D eigenvalue weighted by Crippen LogP contribution is -2.49. The molecule has 1 N–H and O–H groups in total. The zero-order valence-electron chi connectivity index (χ0n) is 15.3. The van der Waals surface area contributed by atoms with Crippen molar-refractivity contribution in [1.29, 1.82) is 0 Å². The second-order valence-corrected chi connectivity index (χ2v) is 7.93. The van der Waals surface area contributed by atoms with Gasteiger partial charge in [0.25, 0.3) is 5.79 Å². The topological polar surface area (TPSA) is 68.4 Å². The molecule has 4 rings (SSSR count). The molecule has 1 saturated heterocycles. The number of carbonyl (C=O) groups is 2. The average Bonchev–Trinajstić information content (AvgIpc) is 3.02. The number of aromatic nitrogens is 1. The van der Waals surface area contributed by atoms with Crippen LogP contribution in [0.25, 0.3) is 10.9 Å². The molecule has 2 aliphatic rings. The summed E-state index contributed by atoms with van der Waals surface area (Å²) in [5, 5.41) is 1.06. The summed E-state index contributed by atoms with van der Waals surface area (Å²) in [6, 6.07) is 8.01. The molecule has 1 unspecified atom stereocenters. The number of para-hydroxylation sites is 1. The van der Waals surface area contributed by atoms with Gasteiger partial charge in [-0.2, -0.15) is 0 Å². The van der Waals surface area contributed by atoms with E-state index >= 15 is 0 Å². The zero-order chi connectivity index (χ0) is 18.3. The van der Waals surface area contributed by atoms with Crippen molar-refractivity contribution in [1.82, 2.24) is 4.98 Å². The van der Waals surface area contributed by atoms with E-state index < -0.39 is 23.6 Å². The summed E-state index contributed by atoms with van der Waals surface area (Å²) in [5.74, 6) is -2.97. The van der Waals surface area contributed by atoms with E-state index in [1.165, 1.54) is 6.42 Å². The third-order valence-corrected chi connectivity index (χ3v) is 5.70. The summed E-state index contributed by atoms with van der Waals surface area (Å²) in [6.45, 7) is 3.20. The quantitative estimate of drug-likeness (QED) is 0.659. The predicted octanol–water partition coefficient (Wildman–Crippen LogP) is 4.28. The number of benzene rings is 1. The molecule has 0 bridgehead atoms. The van der Waals surface area contributed by atoms with E-state index in [0.717, 1.165) is 42.1 Å². The van der Waals surface area contributed by atoms with Crippen molar-refractivity contribution in [3.8, 4) is 0 Å². The van der Waals surface area contributed by atoms with Gasteiger partial charge in [-0.3, -0.25) is 9.59 Å². The third kappa shape index (κ3) is 3.00. The molecule has 2 heterocycles. The average molecular weight is 355 g/mol. The number of hydrogen-bond donors (Lipinski definition) is 1. The Labute approximate surface area is 153 Å². The van der Waals surface area contributed by atoms with E-state index in [1.807, 2.05) is 30.5 Å². The van der Waals surface area contributed by atoms with Gasteiger partial charge >= 0.3 is 11.9 Å². The highest BCUT2D eigenvalue weighted by molar-refractivity contribution is 5.98. The first-order valence-electron chi connectivity index (χ1n) is 9.48.